The number of rotatable bonds is 7. The summed E-state index contributed by atoms with van der Waals surface area (Å²) in [5, 5.41) is 12.2. The van der Waals surface area contributed by atoms with Crippen LogP contribution >= 0.6 is 35.0 Å². The van der Waals surface area contributed by atoms with Crippen molar-refractivity contribution >= 4 is 46.9 Å². The maximum Gasteiger partial charge on any atom is 0.318 e. The highest BCUT2D eigenvalue weighted by molar-refractivity contribution is 7.99. The molecule has 1 heterocycles. The fourth-order valence-electron chi connectivity index (χ4n) is 2.61. The van der Waals surface area contributed by atoms with Crippen LogP contribution in [0.1, 0.15) is 12.0 Å². The monoisotopic (exact) mass is 449 g/mol. The first kappa shape index (κ1) is 21.2. The van der Waals surface area contributed by atoms with Gasteiger partial charge in [-0.15, -0.1) is 10.2 Å². The number of hydrogen-bond acceptors (Lipinski definition) is 5. The minimum atomic E-state index is -0.869. The second kappa shape index (κ2) is 9.78. The summed E-state index contributed by atoms with van der Waals surface area (Å²) in [4.78, 5) is 22.4. The summed E-state index contributed by atoms with van der Waals surface area (Å²) in [5.41, 5.74) is 6.72. The average molecular weight is 450 g/mol. The van der Waals surface area contributed by atoms with Gasteiger partial charge in [-0.3, -0.25) is 14.7 Å². The van der Waals surface area contributed by atoms with Crippen molar-refractivity contribution in [2.45, 2.75) is 18.1 Å². The fourth-order valence-corrected chi connectivity index (χ4v) is 3.98. The van der Waals surface area contributed by atoms with Gasteiger partial charge in [-0.1, -0.05) is 65.3 Å². The lowest BCUT2D eigenvalue weighted by atomic mass is 10.2. The van der Waals surface area contributed by atoms with E-state index < -0.39 is 11.9 Å². The molecule has 0 radical (unpaired) electrons. The zero-order chi connectivity index (χ0) is 20.8. The number of primary amides is 1. The van der Waals surface area contributed by atoms with Crippen molar-refractivity contribution in [3.05, 3.63) is 64.1 Å². The van der Waals surface area contributed by atoms with E-state index in [-0.39, 0.29) is 6.42 Å². The zero-order valence-electron chi connectivity index (χ0n) is 15.1. The number of urea groups is 1. The van der Waals surface area contributed by atoms with E-state index in [9.17, 15) is 9.59 Å². The molecule has 150 valence electrons. The van der Waals surface area contributed by atoms with Crippen molar-refractivity contribution in [3.63, 3.8) is 0 Å². The summed E-state index contributed by atoms with van der Waals surface area (Å²) in [6.45, 7) is 0.526. The summed E-state index contributed by atoms with van der Waals surface area (Å²) in [7, 11) is 0. The lowest BCUT2D eigenvalue weighted by Crippen LogP contribution is -2.35. The number of aromatic nitrogens is 3. The molecule has 1 aromatic heterocycles. The van der Waals surface area contributed by atoms with E-state index in [1.54, 1.807) is 18.2 Å². The van der Waals surface area contributed by atoms with Crippen LogP contribution in [0.2, 0.25) is 10.0 Å². The Morgan fingerprint density at radius 1 is 1.10 bits per heavy atom. The molecule has 0 aliphatic rings. The van der Waals surface area contributed by atoms with Crippen LogP contribution in [0.5, 0.6) is 0 Å². The summed E-state index contributed by atoms with van der Waals surface area (Å²) in [6, 6.07) is 14.2. The predicted octanol–water partition coefficient (Wildman–Crippen LogP) is 3.98. The van der Waals surface area contributed by atoms with Crippen LogP contribution in [0.25, 0.3) is 11.4 Å². The highest BCUT2D eigenvalue weighted by Crippen LogP contribution is 2.32. The van der Waals surface area contributed by atoms with Gasteiger partial charge in [0.15, 0.2) is 11.0 Å². The van der Waals surface area contributed by atoms with E-state index in [1.165, 1.54) is 11.8 Å². The first-order chi connectivity index (χ1) is 13.9. The summed E-state index contributed by atoms with van der Waals surface area (Å²) < 4.78 is 1.93. The number of amides is 3. The van der Waals surface area contributed by atoms with Crippen LogP contribution in [0.15, 0.2) is 53.7 Å². The van der Waals surface area contributed by atoms with Crippen molar-refractivity contribution in [2.75, 3.05) is 5.75 Å². The Hall–Kier alpha value is -2.55. The maximum absolute atomic E-state index is 11.6. The van der Waals surface area contributed by atoms with Crippen LogP contribution in [-0.2, 0) is 11.3 Å². The standard InChI is InChI=1S/C19H17Cl2N5O2S/c20-13-6-7-14(15(21)10-13)17-24-25-19(29-9-8-16(27)23-18(22)28)26(17)11-12-4-2-1-3-5-12/h1-7,10H,8-9,11H2,(H3,22,23,27,28). The normalized spacial score (nSPS) is 10.7. The average Bonchev–Trinajstić information content (AvgIpc) is 3.04. The van der Waals surface area contributed by atoms with Gasteiger partial charge in [0, 0.05) is 22.8 Å². The van der Waals surface area contributed by atoms with Gasteiger partial charge in [-0.2, -0.15) is 0 Å². The second-order valence-corrected chi connectivity index (χ2v) is 7.92. The number of carbonyl (C=O) groups is 2. The first-order valence-electron chi connectivity index (χ1n) is 8.58. The van der Waals surface area contributed by atoms with Crippen LogP contribution in [0.4, 0.5) is 4.79 Å². The van der Waals surface area contributed by atoms with Gasteiger partial charge in [-0.25, -0.2) is 4.79 Å². The number of carbonyl (C=O) groups excluding carboxylic acids is 2. The molecule has 29 heavy (non-hydrogen) atoms. The molecule has 0 aliphatic carbocycles. The Bertz CT molecular complexity index is 1030. The van der Waals surface area contributed by atoms with Gasteiger partial charge >= 0.3 is 6.03 Å². The molecule has 0 spiro atoms. The molecule has 3 aromatic rings. The Balaban J connectivity index is 1.87. The zero-order valence-corrected chi connectivity index (χ0v) is 17.5. The van der Waals surface area contributed by atoms with Crippen LogP contribution in [0, 0.1) is 0 Å². The van der Waals surface area contributed by atoms with Crippen molar-refractivity contribution in [2.24, 2.45) is 5.73 Å². The number of benzene rings is 2. The predicted molar refractivity (Wildman–Crippen MR) is 114 cm³/mol. The number of nitrogens with two attached hydrogens (primary N) is 1. The van der Waals surface area contributed by atoms with E-state index >= 15 is 0 Å². The molecular formula is C19H17Cl2N5O2S. The van der Waals surface area contributed by atoms with Gasteiger partial charge in [0.25, 0.3) is 0 Å². The van der Waals surface area contributed by atoms with E-state index in [4.69, 9.17) is 28.9 Å². The molecule has 0 saturated heterocycles. The van der Waals surface area contributed by atoms with Gasteiger partial charge in [0.05, 0.1) is 11.6 Å². The molecule has 0 aliphatic heterocycles. The van der Waals surface area contributed by atoms with E-state index in [0.717, 1.165) is 5.56 Å². The van der Waals surface area contributed by atoms with Gasteiger partial charge in [-0.05, 0) is 23.8 Å². The molecule has 0 atom stereocenters. The van der Waals surface area contributed by atoms with Crippen LogP contribution in [-0.4, -0.2) is 32.5 Å². The number of thioether (sulfide) groups is 1. The third-order valence-electron chi connectivity index (χ3n) is 3.90. The Morgan fingerprint density at radius 3 is 2.55 bits per heavy atom. The summed E-state index contributed by atoms with van der Waals surface area (Å²) in [6.07, 6.45) is 0.114. The van der Waals surface area contributed by atoms with Crippen molar-refractivity contribution in [1.29, 1.82) is 0 Å². The molecule has 3 amide bonds. The second-order valence-electron chi connectivity index (χ2n) is 6.01. The number of hydrogen-bond donors (Lipinski definition) is 2. The molecule has 2 aromatic carbocycles. The summed E-state index contributed by atoms with van der Waals surface area (Å²) >= 11 is 13.7. The van der Waals surface area contributed by atoms with E-state index in [2.05, 4.69) is 10.2 Å². The molecule has 0 bridgehead atoms. The summed E-state index contributed by atoms with van der Waals surface area (Å²) in [5.74, 6) is 0.556. The minimum Gasteiger partial charge on any atom is -0.351 e. The van der Waals surface area contributed by atoms with E-state index in [1.807, 2.05) is 40.2 Å². The molecule has 7 nitrogen and oxygen atoms in total. The lowest BCUT2D eigenvalue weighted by Gasteiger charge is -2.11. The third-order valence-corrected chi connectivity index (χ3v) is 5.41. The highest BCUT2D eigenvalue weighted by Gasteiger charge is 2.18. The highest BCUT2D eigenvalue weighted by atomic mass is 35.5. The third kappa shape index (κ3) is 5.72. The molecule has 3 N–H and O–H groups in total. The molecule has 0 fully saturated rings. The minimum absolute atomic E-state index is 0.114. The maximum atomic E-state index is 11.6. The molecule has 0 saturated carbocycles. The van der Waals surface area contributed by atoms with Crippen LogP contribution < -0.4 is 11.1 Å². The number of halogens is 2. The van der Waals surface area contributed by atoms with Crippen molar-refractivity contribution < 1.29 is 9.59 Å². The number of nitrogens with zero attached hydrogens (tertiary/aromatic N) is 3. The first-order valence-corrected chi connectivity index (χ1v) is 10.3. The molecule has 3 rings (SSSR count). The molecule has 0 unspecified atom stereocenters. The smallest absolute Gasteiger partial charge is 0.318 e. The van der Waals surface area contributed by atoms with Crippen molar-refractivity contribution in [3.8, 4) is 11.4 Å². The van der Waals surface area contributed by atoms with Crippen LogP contribution in [0.3, 0.4) is 0 Å². The van der Waals surface area contributed by atoms with Gasteiger partial charge in [0.1, 0.15) is 0 Å². The SMILES string of the molecule is NC(=O)NC(=O)CCSc1nnc(-c2ccc(Cl)cc2Cl)n1Cc1ccccc1. The fraction of sp³-hybridized carbons (Fsp3) is 0.158. The topological polar surface area (TPSA) is 103 Å². The quantitative estimate of drug-likeness (QED) is 0.530. The number of nitrogens with one attached hydrogen (secondary N) is 1. The molecule has 10 heteroatoms. The lowest BCUT2D eigenvalue weighted by molar-refractivity contribution is -0.119. The Morgan fingerprint density at radius 2 is 1.86 bits per heavy atom. The van der Waals surface area contributed by atoms with Gasteiger partial charge in [0.2, 0.25) is 5.91 Å². The Labute approximate surface area is 181 Å². The number of imide groups is 1. The largest absolute Gasteiger partial charge is 0.351 e. The van der Waals surface area contributed by atoms with Crippen molar-refractivity contribution in [1.82, 2.24) is 20.1 Å². The molecular weight excluding hydrogens is 433 g/mol. The Kier molecular flexibility index (Phi) is 7.13. The van der Waals surface area contributed by atoms with Gasteiger partial charge < -0.3 is 5.73 Å². The van der Waals surface area contributed by atoms with E-state index in [0.29, 0.717) is 38.9 Å².